The number of amides is 8. The first-order valence-corrected chi connectivity index (χ1v) is 26.0. The number of carbonyl (C=O) groups excluding carboxylic acids is 9. The van der Waals surface area contributed by atoms with Gasteiger partial charge in [0.2, 0.25) is 47.3 Å². The molecule has 10 N–H and O–H groups in total. The van der Waals surface area contributed by atoms with Crippen LogP contribution >= 0.6 is 0 Å². The van der Waals surface area contributed by atoms with Gasteiger partial charge in [0.1, 0.15) is 72.2 Å². The molecular weight excluding hydrogens is 1010 g/mol. The second kappa shape index (κ2) is 27.8. The molecule has 0 aliphatic carbocycles. The number of benzene rings is 3. The molecule has 5 rings (SSSR count). The molecule has 1 unspecified atom stereocenters. The number of likely N-dealkylation sites (N-methyl/N-ethyl adjacent to an activating group) is 1. The Morgan fingerprint density at radius 1 is 0.744 bits per heavy atom. The number of carboxylic acids is 1. The van der Waals surface area contributed by atoms with E-state index in [1.165, 1.54) is 62.5 Å². The van der Waals surface area contributed by atoms with Crippen LogP contribution < -0.4 is 31.9 Å². The smallest absolute Gasteiger partial charge is 0.329 e. The number of hydrogen-bond donors (Lipinski definition) is 10. The number of aliphatic hydroxyl groups is 1. The van der Waals surface area contributed by atoms with Crippen molar-refractivity contribution in [2.75, 3.05) is 7.05 Å². The Morgan fingerprint density at radius 2 is 1.35 bits per heavy atom. The van der Waals surface area contributed by atoms with Crippen molar-refractivity contribution in [3.8, 4) is 11.5 Å². The van der Waals surface area contributed by atoms with E-state index in [4.69, 9.17) is 4.74 Å². The Hall–Kier alpha value is -8.08. The van der Waals surface area contributed by atoms with Gasteiger partial charge in [0.25, 0.3) is 0 Å². The molecule has 8 amide bonds. The number of fused-ring (bicyclic) bond motifs is 2. The van der Waals surface area contributed by atoms with Crippen molar-refractivity contribution < 1.29 is 73.1 Å². The summed E-state index contributed by atoms with van der Waals surface area (Å²) in [4.78, 5) is 142. The predicted molar refractivity (Wildman–Crippen MR) is 280 cm³/mol. The third-order valence-electron chi connectivity index (χ3n) is 14.0. The summed E-state index contributed by atoms with van der Waals surface area (Å²) >= 11 is 0. The number of esters is 1. The van der Waals surface area contributed by atoms with Crippen LogP contribution in [-0.4, -0.2) is 157 Å². The zero-order valence-corrected chi connectivity index (χ0v) is 44.8. The maximum Gasteiger partial charge on any atom is 0.329 e. The summed E-state index contributed by atoms with van der Waals surface area (Å²) in [5, 5.41) is 56.7. The van der Waals surface area contributed by atoms with Crippen molar-refractivity contribution in [1.29, 1.82) is 0 Å². The zero-order chi connectivity index (χ0) is 57.5. The first-order valence-electron chi connectivity index (χ1n) is 26.0. The van der Waals surface area contributed by atoms with Gasteiger partial charge in [-0.3, -0.25) is 38.4 Å². The van der Waals surface area contributed by atoms with E-state index >= 15 is 0 Å². The Bertz CT molecular complexity index is 2640. The lowest BCUT2D eigenvalue weighted by atomic mass is 9.93. The minimum atomic E-state index is -1.84. The molecular formula is C55H72N8O15. The Kier molecular flexibility index (Phi) is 21.7. The monoisotopic (exact) mass is 1080 g/mol. The summed E-state index contributed by atoms with van der Waals surface area (Å²) in [6, 6.07) is 8.27. The fraction of sp³-hybridized carbons (Fsp3) is 0.491. The molecule has 422 valence electrons. The van der Waals surface area contributed by atoms with Crippen LogP contribution in [0.3, 0.4) is 0 Å². The number of carboxylic acid groups (broad SMARTS) is 1. The SMILES string of the molecule is CCC(C)[C@@H]1NC(=O)[C@H](Cc2ccccc2)N(C)C(=O)[C@H](C(C)C)N2C(=O)[C@H](CC[C@H]2O)NC(=O)[C@H](Cc2ccc(O)cc2)NC(=O)[C@H](NC(=O)CC[C@H](NC(=O)[C@H](Cc2ccc(O)cc2)NC(C)=O)C(=O)O)[C@@H](C)OC1=O. The van der Waals surface area contributed by atoms with Crippen molar-refractivity contribution in [3.63, 3.8) is 0 Å². The quantitative estimate of drug-likeness (QED) is 0.0833. The highest BCUT2D eigenvalue weighted by Gasteiger charge is 2.47. The minimum Gasteiger partial charge on any atom is -0.508 e. The molecule has 0 spiro atoms. The summed E-state index contributed by atoms with van der Waals surface area (Å²) in [6.45, 7) is 9.15. The molecule has 2 bridgehead atoms. The lowest BCUT2D eigenvalue weighted by Gasteiger charge is -2.44. The molecule has 11 atom stereocenters. The second-order valence-electron chi connectivity index (χ2n) is 20.3. The number of piperidine rings is 1. The van der Waals surface area contributed by atoms with Gasteiger partial charge in [-0.15, -0.1) is 0 Å². The van der Waals surface area contributed by atoms with Crippen LogP contribution in [-0.2, 0) is 71.9 Å². The van der Waals surface area contributed by atoms with Crippen LogP contribution in [0.2, 0.25) is 0 Å². The third-order valence-corrected chi connectivity index (χ3v) is 14.0. The maximum absolute atomic E-state index is 14.8. The average Bonchev–Trinajstić information content (AvgIpc) is 3.40. The molecule has 3 aromatic rings. The van der Waals surface area contributed by atoms with Gasteiger partial charge in [0, 0.05) is 39.7 Å². The van der Waals surface area contributed by atoms with E-state index in [2.05, 4.69) is 31.9 Å². The van der Waals surface area contributed by atoms with E-state index in [0.717, 1.165) is 16.7 Å². The van der Waals surface area contributed by atoms with E-state index in [1.54, 1.807) is 58.0 Å². The van der Waals surface area contributed by atoms with Gasteiger partial charge in [-0.25, -0.2) is 9.59 Å². The summed E-state index contributed by atoms with van der Waals surface area (Å²) in [6.07, 6.45) is -4.62. The van der Waals surface area contributed by atoms with E-state index in [-0.39, 0.29) is 43.6 Å². The molecule has 2 saturated heterocycles. The molecule has 0 aromatic heterocycles. The Balaban J connectivity index is 1.53. The van der Waals surface area contributed by atoms with Crippen molar-refractivity contribution in [2.45, 2.75) is 154 Å². The van der Waals surface area contributed by atoms with E-state index in [0.29, 0.717) is 23.1 Å². The number of aliphatic hydroxyl groups excluding tert-OH is 1. The Morgan fingerprint density at radius 3 is 1.92 bits per heavy atom. The lowest BCUT2D eigenvalue weighted by molar-refractivity contribution is -0.167. The number of cyclic esters (lactones) is 1. The molecule has 3 aromatic carbocycles. The number of aromatic hydroxyl groups is 2. The summed E-state index contributed by atoms with van der Waals surface area (Å²) in [7, 11) is 1.37. The first kappa shape index (κ1) is 60.8. The molecule has 2 heterocycles. The van der Waals surface area contributed by atoms with E-state index < -0.39 is 145 Å². The van der Waals surface area contributed by atoms with Crippen LogP contribution in [0.15, 0.2) is 78.9 Å². The number of carbonyl (C=O) groups is 10. The van der Waals surface area contributed by atoms with Crippen LogP contribution in [0.4, 0.5) is 0 Å². The molecule has 2 aliphatic rings. The number of rotatable bonds is 17. The van der Waals surface area contributed by atoms with Gasteiger partial charge in [0.15, 0.2) is 0 Å². The largest absolute Gasteiger partial charge is 0.508 e. The van der Waals surface area contributed by atoms with Crippen molar-refractivity contribution >= 4 is 59.2 Å². The fourth-order valence-corrected chi connectivity index (χ4v) is 9.32. The first-order chi connectivity index (χ1) is 36.9. The highest BCUT2D eigenvalue weighted by Crippen LogP contribution is 2.27. The van der Waals surface area contributed by atoms with E-state index in [9.17, 15) is 68.4 Å². The number of nitrogens with one attached hydrogen (secondary N) is 6. The fourth-order valence-electron chi connectivity index (χ4n) is 9.32. The van der Waals surface area contributed by atoms with Crippen molar-refractivity contribution in [2.24, 2.45) is 11.8 Å². The molecule has 2 fully saturated rings. The number of nitrogens with zero attached hydrogens (tertiary/aromatic N) is 2. The van der Waals surface area contributed by atoms with Crippen LogP contribution in [0.1, 0.15) is 90.3 Å². The topological polar surface area (TPSA) is 340 Å². The number of aliphatic carboxylic acids is 1. The number of phenolic OH excluding ortho intramolecular Hbond substituents is 2. The number of hydrogen-bond acceptors (Lipinski definition) is 14. The van der Waals surface area contributed by atoms with Crippen LogP contribution in [0.25, 0.3) is 0 Å². The highest BCUT2D eigenvalue weighted by atomic mass is 16.5. The third kappa shape index (κ3) is 16.5. The summed E-state index contributed by atoms with van der Waals surface area (Å²) in [5.74, 6) is -10.9. The molecule has 0 radical (unpaired) electrons. The molecule has 23 heteroatoms. The lowest BCUT2D eigenvalue weighted by Crippen LogP contribution is -2.66. The van der Waals surface area contributed by atoms with Crippen LogP contribution in [0, 0.1) is 11.8 Å². The maximum atomic E-state index is 14.8. The van der Waals surface area contributed by atoms with Crippen molar-refractivity contribution in [3.05, 3.63) is 95.6 Å². The highest BCUT2D eigenvalue weighted by molar-refractivity contribution is 5.98. The van der Waals surface area contributed by atoms with Crippen LogP contribution in [0.5, 0.6) is 11.5 Å². The zero-order valence-electron chi connectivity index (χ0n) is 44.8. The van der Waals surface area contributed by atoms with Gasteiger partial charge in [-0.05, 0) is 79.0 Å². The average molecular weight is 1090 g/mol. The van der Waals surface area contributed by atoms with Gasteiger partial charge >= 0.3 is 11.9 Å². The molecule has 2 aliphatic heterocycles. The van der Waals surface area contributed by atoms with Gasteiger partial charge in [-0.1, -0.05) is 88.7 Å². The number of phenols is 2. The minimum absolute atomic E-state index is 0.0494. The second-order valence-corrected chi connectivity index (χ2v) is 20.3. The van der Waals surface area contributed by atoms with Crippen molar-refractivity contribution in [1.82, 2.24) is 41.7 Å². The predicted octanol–water partition coefficient (Wildman–Crippen LogP) is 0.703. The van der Waals surface area contributed by atoms with Gasteiger partial charge < -0.3 is 66.9 Å². The summed E-state index contributed by atoms with van der Waals surface area (Å²) < 4.78 is 5.92. The molecule has 78 heavy (non-hydrogen) atoms. The normalized spacial score (nSPS) is 23.9. The molecule has 23 nitrogen and oxygen atoms in total. The van der Waals surface area contributed by atoms with E-state index in [1.807, 2.05) is 0 Å². The standard InChI is InChI=1S/C55H72N8O15/c1-8-30(4)45-55(77)78-31(5)46(60-43(67)24-22-39(54(75)76)58-48(69)40(56-32(6)64)26-34-14-18-36(65)19-15-34)51(72)59-41(27-35-16-20-37(66)21-17-35)49(70)57-38-23-25-44(68)63(52(38)73)47(29(2)3)53(74)62(7)42(50(71)61-45)28-33-12-10-9-11-13-33/h9-21,29-31,38-42,44-47,65-66,68H,8,22-28H2,1-7H3,(H,56,64)(H,57,70)(H,58,69)(H,59,72)(H,60,67)(H,61,71)(H,75,76)/t30?,31-,38+,39+,40+,41+,42+,44-,45+,46-,47+/m1/s1. The van der Waals surface area contributed by atoms with Gasteiger partial charge in [0.05, 0.1) is 0 Å². The van der Waals surface area contributed by atoms with Gasteiger partial charge in [-0.2, -0.15) is 0 Å². The molecule has 0 saturated carbocycles. The summed E-state index contributed by atoms with van der Waals surface area (Å²) in [5.41, 5.74) is 1.56. The number of ether oxygens (including phenoxy) is 1. The Labute approximate surface area is 452 Å².